The van der Waals surface area contributed by atoms with Gasteiger partial charge in [-0.2, -0.15) is 0 Å². The summed E-state index contributed by atoms with van der Waals surface area (Å²) in [5.74, 6) is -0.557. The number of hydrogen-bond acceptors (Lipinski definition) is 4. The summed E-state index contributed by atoms with van der Waals surface area (Å²) in [7, 11) is 0. The Hall–Kier alpha value is -2.12. The molecule has 0 saturated carbocycles. The van der Waals surface area contributed by atoms with Gasteiger partial charge in [0, 0.05) is 28.5 Å². The minimum atomic E-state index is -0.391. The monoisotopic (exact) mass is 495 g/mol. The predicted octanol–water partition coefficient (Wildman–Crippen LogP) is 6.95. The first-order valence-electron chi connectivity index (χ1n) is 9.65. The summed E-state index contributed by atoms with van der Waals surface area (Å²) in [6.45, 7) is 5.16. The number of thiazole rings is 1. The van der Waals surface area contributed by atoms with Gasteiger partial charge >= 0.3 is 0 Å². The normalized spacial score (nSPS) is 10.7. The van der Waals surface area contributed by atoms with Crippen molar-refractivity contribution < 1.29 is 9.59 Å². The van der Waals surface area contributed by atoms with Gasteiger partial charge in [-0.3, -0.25) is 14.5 Å². The van der Waals surface area contributed by atoms with E-state index in [1.807, 2.05) is 13.8 Å². The SMILES string of the molecule is CCCN(CC)C(=O)c1csc(N(C(=O)c2ccc(Cl)cc2Cl)c2ccc(Cl)cc2)n1. The lowest BCUT2D eigenvalue weighted by atomic mass is 10.2. The first kappa shape index (κ1) is 23.5. The molecule has 2 amide bonds. The Bertz CT molecular complexity index is 1090. The van der Waals surface area contributed by atoms with Crippen LogP contribution < -0.4 is 4.90 Å². The Kier molecular flexibility index (Phi) is 7.94. The highest BCUT2D eigenvalue weighted by molar-refractivity contribution is 7.14. The van der Waals surface area contributed by atoms with Gasteiger partial charge in [0.1, 0.15) is 5.69 Å². The van der Waals surface area contributed by atoms with Crippen LogP contribution >= 0.6 is 46.1 Å². The van der Waals surface area contributed by atoms with Gasteiger partial charge in [0.2, 0.25) is 0 Å². The van der Waals surface area contributed by atoms with Crippen LogP contribution in [0.4, 0.5) is 10.8 Å². The molecule has 0 N–H and O–H groups in total. The number of halogens is 3. The second-order valence-electron chi connectivity index (χ2n) is 6.64. The Labute approximate surface area is 200 Å². The summed E-state index contributed by atoms with van der Waals surface area (Å²) < 4.78 is 0. The van der Waals surface area contributed by atoms with Crippen LogP contribution in [0, 0.1) is 0 Å². The van der Waals surface area contributed by atoms with E-state index in [-0.39, 0.29) is 16.5 Å². The Balaban J connectivity index is 2.03. The molecule has 31 heavy (non-hydrogen) atoms. The average molecular weight is 497 g/mol. The summed E-state index contributed by atoms with van der Waals surface area (Å²) in [6.07, 6.45) is 0.848. The van der Waals surface area contributed by atoms with Gasteiger partial charge in [-0.25, -0.2) is 4.98 Å². The number of carbonyl (C=O) groups is 2. The van der Waals surface area contributed by atoms with Crippen LogP contribution in [0.2, 0.25) is 15.1 Å². The quantitative estimate of drug-likeness (QED) is 0.355. The lowest BCUT2D eigenvalue weighted by molar-refractivity contribution is 0.0759. The van der Waals surface area contributed by atoms with Crippen molar-refractivity contribution in [1.82, 2.24) is 9.88 Å². The smallest absolute Gasteiger partial charge is 0.273 e. The Morgan fingerprint density at radius 2 is 1.65 bits per heavy atom. The molecule has 1 aromatic heterocycles. The molecule has 1 heterocycles. The highest BCUT2D eigenvalue weighted by Crippen LogP contribution is 2.33. The predicted molar refractivity (Wildman–Crippen MR) is 128 cm³/mol. The second-order valence-corrected chi connectivity index (χ2v) is 8.76. The van der Waals surface area contributed by atoms with Gasteiger partial charge < -0.3 is 4.90 Å². The first-order valence-corrected chi connectivity index (χ1v) is 11.7. The minimum Gasteiger partial charge on any atom is -0.338 e. The highest BCUT2D eigenvalue weighted by atomic mass is 35.5. The summed E-state index contributed by atoms with van der Waals surface area (Å²) in [5, 5.41) is 3.21. The van der Waals surface area contributed by atoms with Crippen LogP contribution in [0.25, 0.3) is 0 Å². The zero-order chi connectivity index (χ0) is 22.5. The van der Waals surface area contributed by atoms with E-state index in [1.165, 1.54) is 22.3 Å². The van der Waals surface area contributed by atoms with Crippen molar-refractivity contribution in [2.45, 2.75) is 20.3 Å². The number of rotatable bonds is 7. The second kappa shape index (κ2) is 10.5. The molecular weight excluding hydrogens is 477 g/mol. The van der Waals surface area contributed by atoms with Crippen molar-refractivity contribution >= 4 is 68.8 Å². The standard InChI is InChI=1S/C22H20Cl3N3O2S/c1-3-11-27(4-2)21(30)19-13-31-22(26-19)28(16-8-5-14(23)6-9-16)20(29)17-10-7-15(24)12-18(17)25/h5-10,12-13H,3-4,11H2,1-2H3. The number of carbonyl (C=O) groups excluding carboxylic acids is 2. The van der Waals surface area contributed by atoms with Crippen LogP contribution in [0.15, 0.2) is 47.8 Å². The molecule has 5 nitrogen and oxygen atoms in total. The van der Waals surface area contributed by atoms with Crippen molar-refractivity contribution in [1.29, 1.82) is 0 Å². The molecule has 0 spiro atoms. The fraction of sp³-hybridized carbons (Fsp3) is 0.227. The van der Waals surface area contributed by atoms with Gasteiger partial charge in [0.05, 0.1) is 16.3 Å². The topological polar surface area (TPSA) is 53.5 Å². The summed E-state index contributed by atoms with van der Waals surface area (Å²) >= 11 is 19.5. The molecule has 0 aliphatic rings. The van der Waals surface area contributed by atoms with E-state index in [1.54, 1.807) is 46.7 Å². The van der Waals surface area contributed by atoms with Crippen molar-refractivity contribution in [2.75, 3.05) is 18.0 Å². The fourth-order valence-electron chi connectivity index (χ4n) is 2.99. The van der Waals surface area contributed by atoms with E-state index in [2.05, 4.69) is 4.98 Å². The van der Waals surface area contributed by atoms with E-state index in [9.17, 15) is 9.59 Å². The molecule has 0 aliphatic heterocycles. The van der Waals surface area contributed by atoms with E-state index in [0.717, 1.165) is 6.42 Å². The molecule has 3 aromatic rings. The maximum Gasteiger partial charge on any atom is 0.273 e. The largest absolute Gasteiger partial charge is 0.338 e. The zero-order valence-corrected chi connectivity index (χ0v) is 20.0. The molecule has 0 atom stereocenters. The van der Waals surface area contributed by atoms with Gasteiger partial charge in [-0.1, -0.05) is 41.7 Å². The Morgan fingerprint density at radius 3 is 2.26 bits per heavy atom. The molecule has 9 heteroatoms. The van der Waals surface area contributed by atoms with E-state index in [0.29, 0.717) is 39.6 Å². The van der Waals surface area contributed by atoms with Gasteiger partial charge in [0.15, 0.2) is 5.13 Å². The summed E-state index contributed by atoms with van der Waals surface area (Å²) in [4.78, 5) is 33.9. The number of amides is 2. The number of benzene rings is 2. The third-order valence-corrected chi connectivity index (χ3v) is 6.14. The van der Waals surface area contributed by atoms with Crippen molar-refractivity contribution in [3.05, 3.63) is 74.2 Å². The van der Waals surface area contributed by atoms with Crippen LogP contribution in [0.1, 0.15) is 41.1 Å². The number of aromatic nitrogens is 1. The summed E-state index contributed by atoms with van der Waals surface area (Å²) in [5.41, 5.74) is 1.11. The van der Waals surface area contributed by atoms with E-state index >= 15 is 0 Å². The van der Waals surface area contributed by atoms with Crippen molar-refractivity contribution in [2.24, 2.45) is 0 Å². The van der Waals surface area contributed by atoms with Gasteiger partial charge in [-0.15, -0.1) is 11.3 Å². The average Bonchev–Trinajstić information content (AvgIpc) is 3.22. The molecule has 2 aromatic carbocycles. The van der Waals surface area contributed by atoms with E-state index < -0.39 is 5.91 Å². The van der Waals surface area contributed by atoms with Crippen molar-refractivity contribution in [3.63, 3.8) is 0 Å². The minimum absolute atomic E-state index is 0.167. The molecule has 0 radical (unpaired) electrons. The molecule has 0 bridgehead atoms. The van der Waals surface area contributed by atoms with Gasteiger partial charge in [-0.05, 0) is 55.8 Å². The maximum absolute atomic E-state index is 13.5. The molecule has 3 rings (SSSR count). The molecular formula is C22H20Cl3N3O2S. The van der Waals surface area contributed by atoms with Crippen LogP contribution in [0.5, 0.6) is 0 Å². The maximum atomic E-state index is 13.5. The molecule has 162 valence electrons. The van der Waals surface area contributed by atoms with Crippen LogP contribution in [-0.4, -0.2) is 34.8 Å². The fourth-order valence-corrected chi connectivity index (χ4v) is 4.42. The number of anilines is 2. The molecule has 0 unspecified atom stereocenters. The number of nitrogens with zero attached hydrogens (tertiary/aromatic N) is 3. The lowest BCUT2D eigenvalue weighted by Gasteiger charge is -2.21. The van der Waals surface area contributed by atoms with Gasteiger partial charge in [0.25, 0.3) is 11.8 Å². The molecule has 0 saturated heterocycles. The van der Waals surface area contributed by atoms with Crippen LogP contribution in [-0.2, 0) is 0 Å². The Morgan fingerprint density at radius 1 is 0.968 bits per heavy atom. The summed E-state index contributed by atoms with van der Waals surface area (Å²) in [6, 6.07) is 11.5. The zero-order valence-electron chi connectivity index (χ0n) is 16.9. The van der Waals surface area contributed by atoms with Crippen molar-refractivity contribution in [3.8, 4) is 0 Å². The molecule has 0 fully saturated rings. The third kappa shape index (κ3) is 5.39. The first-order chi connectivity index (χ1) is 14.8. The highest BCUT2D eigenvalue weighted by Gasteiger charge is 2.26. The van der Waals surface area contributed by atoms with Crippen LogP contribution in [0.3, 0.4) is 0 Å². The third-order valence-electron chi connectivity index (χ3n) is 4.51. The number of hydrogen-bond donors (Lipinski definition) is 0. The lowest BCUT2D eigenvalue weighted by Crippen LogP contribution is -2.32. The van der Waals surface area contributed by atoms with E-state index in [4.69, 9.17) is 34.8 Å². The molecule has 0 aliphatic carbocycles.